The van der Waals surface area contributed by atoms with Crippen LogP contribution < -0.4 is 4.74 Å². The van der Waals surface area contributed by atoms with E-state index in [4.69, 9.17) is 4.74 Å². The number of hydrogen-bond acceptors (Lipinski definition) is 3. The van der Waals surface area contributed by atoms with Crippen molar-refractivity contribution in [2.75, 3.05) is 47.4 Å². The summed E-state index contributed by atoms with van der Waals surface area (Å²) in [4.78, 5) is 4.87. The molecule has 188 valence electrons. The normalized spacial score (nSPS) is 15.7. The van der Waals surface area contributed by atoms with Crippen molar-refractivity contribution in [3.05, 3.63) is 29.8 Å². The molecule has 3 heteroatoms. The fraction of sp³-hybridized carbons (Fsp3) is 0.793. The molecule has 0 spiro atoms. The van der Waals surface area contributed by atoms with Crippen LogP contribution in [0.1, 0.15) is 86.6 Å². The highest BCUT2D eigenvalue weighted by molar-refractivity contribution is 5.27. The number of piperidine rings is 1. The molecule has 0 unspecified atom stereocenters. The zero-order chi connectivity index (χ0) is 23.5. The van der Waals surface area contributed by atoms with Gasteiger partial charge >= 0.3 is 0 Å². The molecule has 0 saturated carbocycles. The van der Waals surface area contributed by atoms with Crippen molar-refractivity contribution < 1.29 is 4.74 Å². The highest BCUT2D eigenvalue weighted by Gasteiger charge is 2.23. The highest BCUT2D eigenvalue weighted by atomic mass is 16.5. The van der Waals surface area contributed by atoms with E-state index in [0.717, 1.165) is 18.1 Å². The lowest BCUT2D eigenvalue weighted by atomic mass is 9.80. The van der Waals surface area contributed by atoms with Crippen molar-refractivity contribution in [2.24, 2.45) is 16.7 Å². The van der Waals surface area contributed by atoms with Gasteiger partial charge in [-0.25, -0.2) is 0 Å². The van der Waals surface area contributed by atoms with Gasteiger partial charge in [-0.1, -0.05) is 61.1 Å². The molecule has 1 aliphatic rings. The number of ether oxygens (including phenoxy) is 1. The first kappa shape index (κ1) is 30.9. The van der Waals surface area contributed by atoms with Gasteiger partial charge in [-0.15, -0.1) is 0 Å². The Balaban J connectivity index is 0.000000747. The average molecular weight is 449 g/mol. The summed E-state index contributed by atoms with van der Waals surface area (Å²) in [5, 5.41) is 0. The summed E-state index contributed by atoms with van der Waals surface area (Å²) >= 11 is 0. The molecular formula is C29H56N2O. The monoisotopic (exact) mass is 448 g/mol. The Kier molecular flexibility index (Phi) is 14.5. The lowest BCUT2D eigenvalue weighted by Gasteiger charge is -2.35. The molecule has 3 nitrogen and oxygen atoms in total. The standard InChI is InChI=1S/C19H31NO.C9H21N.CH4/c1-19(2,3)15-17-10-13-20(14-11-17)12-9-16-5-7-18(21-4)8-6-16;1-9(2,3)7-6-8-10(4)5;/h5-8,17H,9-15H2,1-4H3;6-8H2,1-5H3;1H4. The predicted octanol–water partition coefficient (Wildman–Crippen LogP) is 7.40. The third-order valence-electron chi connectivity index (χ3n) is 6.02. The van der Waals surface area contributed by atoms with Gasteiger partial charge in [0.15, 0.2) is 0 Å². The van der Waals surface area contributed by atoms with Crippen molar-refractivity contribution in [3.63, 3.8) is 0 Å². The van der Waals surface area contributed by atoms with Crippen LogP contribution in [0.25, 0.3) is 0 Å². The second kappa shape index (κ2) is 15.0. The van der Waals surface area contributed by atoms with E-state index in [0.29, 0.717) is 10.8 Å². The minimum atomic E-state index is 0. The molecule has 0 bridgehead atoms. The molecule has 0 amide bonds. The molecule has 1 aromatic rings. The van der Waals surface area contributed by atoms with Crippen LogP contribution in [0.3, 0.4) is 0 Å². The minimum absolute atomic E-state index is 0. The number of rotatable bonds is 8. The summed E-state index contributed by atoms with van der Waals surface area (Å²) in [5.41, 5.74) is 2.40. The Morgan fingerprint density at radius 3 is 1.94 bits per heavy atom. The number of nitrogens with zero attached hydrogens (tertiary/aromatic N) is 2. The topological polar surface area (TPSA) is 15.7 Å². The fourth-order valence-corrected chi connectivity index (χ4v) is 4.29. The predicted molar refractivity (Wildman–Crippen MR) is 144 cm³/mol. The maximum Gasteiger partial charge on any atom is 0.118 e. The molecule has 0 aliphatic carbocycles. The molecule has 0 radical (unpaired) electrons. The second-order valence-electron chi connectivity index (χ2n) is 12.1. The van der Waals surface area contributed by atoms with Gasteiger partial charge in [0.25, 0.3) is 0 Å². The van der Waals surface area contributed by atoms with Gasteiger partial charge in [0, 0.05) is 6.54 Å². The van der Waals surface area contributed by atoms with Crippen molar-refractivity contribution in [3.8, 4) is 5.75 Å². The van der Waals surface area contributed by atoms with E-state index in [9.17, 15) is 0 Å². The summed E-state index contributed by atoms with van der Waals surface area (Å²) < 4.78 is 5.20. The summed E-state index contributed by atoms with van der Waals surface area (Å²) in [6, 6.07) is 8.49. The molecule has 1 aromatic carbocycles. The van der Waals surface area contributed by atoms with Crippen LogP contribution in [0.4, 0.5) is 0 Å². The summed E-state index contributed by atoms with van der Waals surface area (Å²) in [7, 11) is 5.97. The maximum absolute atomic E-state index is 5.20. The first-order valence-corrected chi connectivity index (χ1v) is 12.4. The third kappa shape index (κ3) is 15.7. The Morgan fingerprint density at radius 1 is 0.938 bits per heavy atom. The summed E-state index contributed by atoms with van der Waals surface area (Å²) in [6.07, 6.45) is 7.91. The van der Waals surface area contributed by atoms with Gasteiger partial charge in [-0.05, 0) is 107 Å². The number of benzene rings is 1. The quantitative estimate of drug-likeness (QED) is 0.412. The van der Waals surface area contributed by atoms with Crippen LogP contribution in [0.5, 0.6) is 5.75 Å². The van der Waals surface area contributed by atoms with E-state index in [1.807, 2.05) is 0 Å². The van der Waals surface area contributed by atoms with Gasteiger partial charge < -0.3 is 14.5 Å². The first-order valence-electron chi connectivity index (χ1n) is 12.4. The molecule has 1 saturated heterocycles. The van der Waals surface area contributed by atoms with Crippen LogP contribution >= 0.6 is 0 Å². The second-order valence-corrected chi connectivity index (χ2v) is 12.1. The van der Waals surface area contributed by atoms with E-state index in [-0.39, 0.29) is 7.43 Å². The van der Waals surface area contributed by atoms with Gasteiger partial charge in [0.05, 0.1) is 7.11 Å². The smallest absolute Gasteiger partial charge is 0.118 e. The average Bonchev–Trinajstić information content (AvgIpc) is 2.66. The minimum Gasteiger partial charge on any atom is -0.497 e. The van der Waals surface area contributed by atoms with Crippen LogP contribution in [0.2, 0.25) is 0 Å². The highest BCUT2D eigenvalue weighted by Crippen LogP contribution is 2.30. The Hall–Kier alpha value is -1.06. The molecular weight excluding hydrogens is 392 g/mol. The van der Waals surface area contributed by atoms with E-state index in [1.54, 1.807) is 7.11 Å². The molecule has 1 heterocycles. The van der Waals surface area contributed by atoms with Crippen molar-refractivity contribution in [1.82, 2.24) is 9.80 Å². The lowest BCUT2D eigenvalue weighted by Crippen LogP contribution is -2.36. The van der Waals surface area contributed by atoms with Crippen molar-refractivity contribution in [2.45, 2.75) is 87.5 Å². The fourth-order valence-electron chi connectivity index (χ4n) is 4.29. The number of likely N-dealkylation sites (tertiary alicyclic amines) is 1. The molecule has 0 atom stereocenters. The van der Waals surface area contributed by atoms with Gasteiger partial charge in [0.2, 0.25) is 0 Å². The van der Waals surface area contributed by atoms with Crippen LogP contribution in [0, 0.1) is 16.7 Å². The molecule has 2 rings (SSSR count). The molecule has 32 heavy (non-hydrogen) atoms. The molecule has 1 aliphatic heterocycles. The largest absolute Gasteiger partial charge is 0.497 e. The third-order valence-corrected chi connectivity index (χ3v) is 6.02. The molecule has 0 aromatic heterocycles. The first-order chi connectivity index (χ1) is 14.4. The van der Waals surface area contributed by atoms with Crippen LogP contribution in [0.15, 0.2) is 24.3 Å². The van der Waals surface area contributed by atoms with E-state index < -0.39 is 0 Å². The number of hydrogen-bond donors (Lipinski definition) is 0. The van der Waals surface area contributed by atoms with Crippen LogP contribution in [-0.4, -0.2) is 57.2 Å². The van der Waals surface area contributed by atoms with E-state index >= 15 is 0 Å². The summed E-state index contributed by atoms with van der Waals surface area (Å²) in [6.45, 7) is 18.9. The lowest BCUT2D eigenvalue weighted by molar-refractivity contribution is 0.154. The van der Waals surface area contributed by atoms with Crippen molar-refractivity contribution in [1.29, 1.82) is 0 Å². The summed E-state index contributed by atoms with van der Waals surface area (Å²) in [5.74, 6) is 1.88. The maximum atomic E-state index is 5.20. The van der Waals surface area contributed by atoms with Gasteiger partial charge in [-0.2, -0.15) is 0 Å². The molecule has 0 N–H and O–H groups in total. The Morgan fingerprint density at radius 2 is 1.50 bits per heavy atom. The van der Waals surface area contributed by atoms with Crippen LogP contribution in [-0.2, 0) is 6.42 Å². The SMILES string of the molecule is C.CN(C)CCCC(C)(C)C.COc1ccc(CCN2CCC(CC(C)(C)C)CC2)cc1. The Bertz CT molecular complexity index is 573. The van der Waals surface area contributed by atoms with E-state index in [1.165, 1.54) is 63.8 Å². The van der Waals surface area contributed by atoms with Gasteiger partial charge in [-0.3, -0.25) is 0 Å². The molecule has 1 fully saturated rings. The van der Waals surface area contributed by atoms with E-state index in [2.05, 4.69) is 89.7 Å². The zero-order valence-electron chi connectivity index (χ0n) is 22.3. The van der Waals surface area contributed by atoms with Gasteiger partial charge in [0.1, 0.15) is 5.75 Å². The Labute approximate surface area is 201 Å². The van der Waals surface area contributed by atoms with Crippen molar-refractivity contribution >= 4 is 0 Å². The zero-order valence-corrected chi connectivity index (χ0v) is 22.3. The number of methoxy groups -OCH3 is 1.